The maximum absolute atomic E-state index is 14.8. The number of nitrogens with one attached hydrogen (secondary N) is 1. The van der Waals surface area contributed by atoms with Gasteiger partial charge >= 0.3 is 6.18 Å². The van der Waals surface area contributed by atoms with E-state index in [1.165, 1.54) is 6.07 Å². The van der Waals surface area contributed by atoms with E-state index in [4.69, 9.17) is 0 Å². The quantitative estimate of drug-likeness (QED) is 0.362. The number of aliphatic imine (C=N–C) groups is 1. The zero-order valence-electron chi connectivity index (χ0n) is 20.7. The predicted molar refractivity (Wildman–Crippen MR) is 134 cm³/mol. The van der Waals surface area contributed by atoms with Crippen molar-refractivity contribution in [2.24, 2.45) is 4.99 Å². The van der Waals surface area contributed by atoms with Gasteiger partial charge in [0.05, 0.1) is 17.8 Å². The molecule has 0 bridgehead atoms. The van der Waals surface area contributed by atoms with Gasteiger partial charge in [0.25, 0.3) is 0 Å². The van der Waals surface area contributed by atoms with Crippen LogP contribution in [0.15, 0.2) is 64.3 Å². The van der Waals surface area contributed by atoms with Gasteiger partial charge in [0.1, 0.15) is 5.82 Å². The number of hydrogen-bond donors (Lipinski definition) is 1. The summed E-state index contributed by atoms with van der Waals surface area (Å²) in [4.78, 5) is 8.10. The average Bonchev–Trinajstić information content (AvgIpc) is 3.20. The van der Waals surface area contributed by atoms with Gasteiger partial charge in [-0.05, 0) is 81.0 Å². The maximum Gasteiger partial charge on any atom is 0.393 e. The van der Waals surface area contributed by atoms with E-state index >= 15 is 0 Å². The molecule has 1 aliphatic rings. The standard InChI is InChI=1S/C29H28F4N2/c1-15-10-9-11-16(2)24(15)26(27-17(3)22(19(5)34-27)14-29(31,32)33)28-18(4)25(20(6)35-28)21-12-7-8-13-23(21)30/h7-13,35H,14H2,1-6H3/b27-26-. The second-order valence-electron chi connectivity index (χ2n) is 9.19. The Bertz CT molecular complexity index is 1390. The Morgan fingerprint density at radius 2 is 1.51 bits per heavy atom. The lowest BCUT2D eigenvalue weighted by atomic mass is 9.88. The van der Waals surface area contributed by atoms with Crippen molar-refractivity contribution in [3.63, 3.8) is 0 Å². The first-order valence-corrected chi connectivity index (χ1v) is 11.5. The number of nitrogens with zero attached hydrogens (tertiary/aromatic N) is 1. The highest BCUT2D eigenvalue weighted by atomic mass is 19.4. The minimum atomic E-state index is -4.33. The molecule has 0 unspecified atom stereocenters. The Labute approximate surface area is 203 Å². The molecule has 0 saturated heterocycles. The van der Waals surface area contributed by atoms with Crippen LogP contribution in [0.2, 0.25) is 0 Å². The maximum atomic E-state index is 14.8. The minimum Gasteiger partial charge on any atom is -0.358 e. The van der Waals surface area contributed by atoms with Crippen molar-refractivity contribution in [2.75, 3.05) is 0 Å². The van der Waals surface area contributed by atoms with Gasteiger partial charge < -0.3 is 4.98 Å². The van der Waals surface area contributed by atoms with Crippen molar-refractivity contribution < 1.29 is 17.6 Å². The van der Waals surface area contributed by atoms with Crippen molar-refractivity contribution in [3.05, 3.63) is 98.8 Å². The third kappa shape index (κ3) is 4.49. The van der Waals surface area contributed by atoms with E-state index in [0.717, 1.165) is 44.8 Å². The summed E-state index contributed by atoms with van der Waals surface area (Å²) in [6, 6.07) is 12.5. The van der Waals surface area contributed by atoms with Crippen molar-refractivity contribution >= 4 is 11.3 Å². The lowest BCUT2D eigenvalue weighted by Gasteiger charge is -2.17. The van der Waals surface area contributed by atoms with E-state index < -0.39 is 12.6 Å². The van der Waals surface area contributed by atoms with Gasteiger partial charge in [0, 0.05) is 28.1 Å². The van der Waals surface area contributed by atoms with Crippen molar-refractivity contribution in [1.82, 2.24) is 4.98 Å². The van der Waals surface area contributed by atoms with Gasteiger partial charge in [0.15, 0.2) is 0 Å². The van der Waals surface area contributed by atoms with Gasteiger partial charge in [-0.2, -0.15) is 13.2 Å². The highest BCUT2D eigenvalue weighted by Gasteiger charge is 2.34. The first kappa shape index (κ1) is 24.7. The number of H-pyrrole nitrogens is 1. The van der Waals surface area contributed by atoms with Crippen LogP contribution in [-0.2, 0) is 0 Å². The number of aryl methyl sites for hydroxylation is 3. The van der Waals surface area contributed by atoms with E-state index in [9.17, 15) is 17.6 Å². The number of halogens is 4. The predicted octanol–water partition coefficient (Wildman–Crippen LogP) is 8.56. The molecule has 2 aromatic carbocycles. The Morgan fingerprint density at radius 3 is 2.11 bits per heavy atom. The Hall–Kier alpha value is -3.41. The molecule has 4 rings (SSSR count). The fourth-order valence-electron chi connectivity index (χ4n) is 5.08. The molecule has 0 amide bonds. The van der Waals surface area contributed by atoms with Gasteiger partial charge in [-0.25, -0.2) is 4.39 Å². The van der Waals surface area contributed by atoms with Crippen LogP contribution in [0.3, 0.4) is 0 Å². The summed E-state index contributed by atoms with van der Waals surface area (Å²) in [6.45, 7) is 11.1. The highest BCUT2D eigenvalue weighted by molar-refractivity contribution is 6.06. The van der Waals surface area contributed by atoms with Crippen LogP contribution in [0.25, 0.3) is 16.7 Å². The summed E-state index contributed by atoms with van der Waals surface area (Å²) in [7, 11) is 0. The average molecular weight is 481 g/mol. The molecule has 1 N–H and O–H groups in total. The summed E-state index contributed by atoms with van der Waals surface area (Å²) in [5, 5.41) is 0. The first-order chi connectivity index (χ1) is 16.4. The van der Waals surface area contributed by atoms with E-state index in [2.05, 4.69) is 9.98 Å². The number of alkyl halides is 3. The molecule has 0 radical (unpaired) electrons. The van der Waals surface area contributed by atoms with Crippen LogP contribution in [-0.4, -0.2) is 16.9 Å². The molecule has 1 aromatic heterocycles. The third-order valence-corrected chi connectivity index (χ3v) is 6.70. The largest absolute Gasteiger partial charge is 0.393 e. The van der Waals surface area contributed by atoms with Crippen LogP contribution >= 0.6 is 0 Å². The molecule has 35 heavy (non-hydrogen) atoms. The molecule has 2 nitrogen and oxygen atoms in total. The molecular formula is C29H28F4N2. The Kier molecular flexibility index (Phi) is 6.34. The summed E-state index contributed by atoms with van der Waals surface area (Å²) < 4.78 is 54.8. The summed E-state index contributed by atoms with van der Waals surface area (Å²) in [5.74, 6) is -0.330. The van der Waals surface area contributed by atoms with Gasteiger partial charge in [-0.3, -0.25) is 4.99 Å². The van der Waals surface area contributed by atoms with Gasteiger partial charge in [0.2, 0.25) is 0 Å². The minimum absolute atomic E-state index is 0.200. The summed E-state index contributed by atoms with van der Waals surface area (Å²) in [6.07, 6.45) is -5.36. The Morgan fingerprint density at radius 1 is 0.886 bits per heavy atom. The van der Waals surface area contributed by atoms with E-state index in [0.29, 0.717) is 22.5 Å². The first-order valence-electron chi connectivity index (χ1n) is 11.5. The lowest BCUT2D eigenvalue weighted by molar-refractivity contribution is -0.126. The van der Waals surface area contributed by atoms with Gasteiger partial charge in [-0.15, -0.1) is 0 Å². The summed E-state index contributed by atoms with van der Waals surface area (Å²) in [5.41, 5.74) is 8.77. The molecule has 182 valence electrons. The molecule has 2 heterocycles. The molecule has 0 atom stereocenters. The number of hydrogen-bond acceptors (Lipinski definition) is 1. The second-order valence-corrected chi connectivity index (χ2v) is 9.19. The van der Waals surface area contributed by atoms with E-state index in [1.807, 2.05) is 45.9 Å². The van der Waals surface area contributed by atoms with Crippen LogP contribution < -0.4 is 0 Å². The monoisotopic (exact) mass is 480 g/mol. The molecule has 0 spiro atoms. The number of rotatable bonds is 4. The normalized spacial score (nSPS) is 15.7. The fraction of sp³-hybridized carbons (Fsp3) is 0.276. The molecule has 3 aromatic rings. The highest BCUT2D eigenvalue weighted by Crippen LogP contribution is 2.43. The second kappa shape index (κ2) is 8.99. The zero-order chi connectivity index (χ0) is 25.7. The van der Waals surface area contributed by atoms with Crippen LogP contribution in [0.1, 0.15) is 53.9 Å². The summed E-state index contributed by atoms with van der Waals surface area (Å²) >= 11 is 0. The zero-order valence-corrected chi connectivity index (χ0v) is 20.7. The van der Waals surface area contributed by atoms with Crippen molar-refractivity contribution in [3.8, 4) is 11.1 Å². The van der Waals surface area contributed by atoms with Crippen LogP contribution in [0.5, 0.6) is 0 Å². The fourth-order valence-corrected chi connectivity index (χ4v) is 5.08. The Balaban J connectivity index is 2.07. The van der Waals surface area contributed by atoms with Crippen molar-refractivity contribution in [2.45, 2.75) is 54.1 Å². The van der Waals surface area contributed by atoms with E-state index in [-0.39, 0.29) is 11.4 Å². The molecule has 0 aliphatic carbocycles. The number of allylic oxidation sites excluding steroid dienone is 2. The number of aromatic nitrogens is 1. The molecule has 6 heteroatoms. The molecule has 1 aliphatic heterocycles. The van der Waals surface area contributed by atoms with Crippen LogP contribution in [0, 0.1) is 33.5 Å². The number of aromatic amines is 1. The third-order valence-electron chi connectivity index (χ3n) is 6.70. The molecule has 0 saturated carbocycles. The van der Waals surface area contributed by atoms with Crippen molar-refractivity contribution in [1.29, 1.82) is 0 Å². The molecule has 0 fully saturated rings. The topological polar surface area (TPSA) is 28.1 Å². The smallest absolute Gasteiger partial charge is 0.358 e. The van der Waals surface area contributed by atoms with Crippen LogP contribution in [0.4, 0.5) is 17.6 Å². The lowest BCUT2D eigenvalue weighted by Crippen LogP contribution is -2.12. The van der Waals surface area contributed by atoms with Gasteiger partial charge in [-0.1, -0.05) is 36.4 Å². The SMILES string of the molecule is CC1=N/C(=C(\c2[nH]c(C)c(-c3ccccc3F)c2C)c2c(C)cccc2C)C(C)=C1CC(F)(F)F. The molecular weight excluding hydrogens is 452 g/mol. The van der Waals surface area contributed by atoms with E-state index in [1.54, 1.807) is 32.0 Å². The number of benzene rings is 2.